The molecule has 18 heavy (non-hydrogen) atoms. The number of azide groups is 1. The third-order valence-electron chi connectivity index (χ3n) is 2.15. The molecule has 0 aliphatic heterocycles. The van der Waals surface area contributed by atoms with Crippen molar-refractivity contribution in [3.05, 3.63) is 45.0 Å². The van der Waals surface area contributed by atoms with Gasteiger partial charge in [0.05, 0.1) is 5.02 Å². The Balaban J connectivity index is 2.80. The van der Waals surface area contributed by atoms with Gasteiger partial charge in [0, 0.05) is 18.0 Å². The molecule has 1 unspecified atom stereocenters. The first-order valence-electron chi connectivity index (χ1n) is 4.98. The van der Waals surface area contributed by atoms with Crippen LogP contribution in [-0.2, 0) is 4.79 Å². The number of halogens is 2. The molecule has 0 aliphatic carbocycles. The van der Waals surface area contributed by atoms with E-state index < -0.39 is 17.8 Å². The fourth-order valence-corrected chi connectivity index (χ4v) is 1.46. The normalized spacial score (nSPS) is 11.7. The predicted octanol–water partition coefficient (Wildman–Crippen LogP) is 2.50. The van der Waals surface area contributed by atoms with Crippen molar-refractivity contribution in [2.45, 2.75) is 6.04 Å². The second kappa shape index (κ2) is 6.80. The summed E-state index contributed by atoms with van der Waals surface area (Å²) in [7, 11) is 0. The molecule has 0 saturated carbocycles. The van der Waals surface area contributed by atoms with E-state index in [-0.39, 0.29) is 23.7 Å². The summed E-state index contributed by atoms with van der Waals surface area (Å²) in [6.07, 6.45) is 0. The highest BCUT2D eigenvalue weighted by Gasteiger charge is 2.19. The summed E-state index contributed by atoms with van der Waals surface area (Å²) in [5.41, 5.74) is 8.32. The van der Waals surface area contributed by atoms with Crippen LogP contribution in [0, 0.1) is 5.82 Å². The predicted molar refractivity (Wildman–Crippen MR) is 63.8 cm³/mol. The highest BCUT2D eigenvalue weighted by molar-refractivity contribution is 6.30. The summed E-state index contributed by atoms with van der Waals surface area (Å²) in [6.45, 7) is 0.279. The SMILES string of the molecule is [N-]=[N+]=NCCNC(C(=O)O)c1ccc(Cl)c(F)c1. The second-order valence-corrected chi connectivity index (χ2v) is 3.76. The van der Waals surface area contributed by atoms with Crippen molar-refractivity contribution in [1.29, 1.82) is 0 Å². The third kappa shape index (κ3) is 3.89. The Bertz CT molecular complexity index is 491. The van der Waals surface area contributed by atoms with Crippen LogP contribution in [-0.4, -0.2) is 24.2 Å². The van der Waals surface area contributed by atoms with Gasteiger partial charge in [-0.05, 0) is 23.2 Å². The summed E-state index contributed by atoms with van der Waals surface area (Å²) in [6, 6.07) is 2.69. The van der Waals surface area contributed by atoms with Gasteiger partial charge >= 0.3 is 5.97 Å². The van der Waals surface area contributed by atoms with E-state index >= 15 is 0 Å². The van der Waals surface area contributed by atoms with Crippen LogP contribution in [0.5, 0.6) is 0 Å². The molecule has 1 atom stereocenters. The zero-order chi connectivity index (χ0) is 13.5. The van der Waals surface area contributed by atoms with Crippen LogP contribution in [0.25, 0.3) is 10.4 Å². The first kappa shape index (κ1) is 14.2. The molecule has 0 spiro atoms. The highest BCUT2D eigenvalue weighted by Crippen LogP contribution is 2.20. The van der Waals surface area contributed by atoms with E-state index in [0.29, 0.717) is 0 Å². The highest BCUT2D eigenvalue weighted by atomic mass is 35.5. The Morgan fingerprint density at radius 3 is 2.94 bits per heavy atom. The Labute approximate surface area is 107 Å². The lowest BCUT2D eigenvalue weighted by molar-refractivity contribution is -0.139. The molecule has 0 saturated heterocycles. The molecule has 0 radical (unpaired) electrons. The number of hydrogen-bond acceptors (Lipinski definition) is 3. The summed E-state index contributed by atoms with van der Waals surface area (Å²) in [5.74, 6) is -1.84. The van der Waals surface area contributed by atoms with E-state index in [2.05, 4.69) is 15.3 Å². The van der Waals surface area contributed by atoms with Crippen LogP contribution in [0.2, 0.25) is 5.02 Å². The zero-order valence-electron chi connectivity index (χ0n) is 9.18. The molecule has 0 fully saturated rings. The lowest BCUT2D eigenvalue weighted by Gasteiger charge is -2.14. The van der Waals surface area contributed by atoms with E-state index in [1.54, 1.807) is 0 Å². The molecule has 0 aliphatic rings. The van der Waals surface area contributed by atoms with Crippen molar-refractivity contribution < 1.29 is 14.3 Å². The number of hydrogen-bond donors (Lipinski definition) is 2. The molecule has 2 N–H and O–H groups in total. The molecule has 1 aromatic rings. The van der Waals surface area contributed by atoms with E-state index in [4.69, 9.17) is 22.2 Å². The maximum atomic E-state index is 13.2. The van der Waals surface area contributed by atoms with Gasteiger partial charge in [-0.15, -0.1) is 0 Å². The minimum Gasteiger partial charge on any atom is -0.480 e. The Hall–Kier alpha value is -1.82. The fraction of sp³-hybridized carbons (Fsp3) is 0.300. The van der Waals surface area contributed by atoms with Gasteiger partial charge in [-0.2, -0.15) is 0 Å². The number of carboxylic acids is 1. The smallest absolute Gasteiger partial charge is 0.325 e. The molecule has 8 heteroatoms. The standard InChI is InChI=1S/C10H10ClFN4O2/c11-7-2-1-6(5-8(7)12)9(10(17)18)14-3-4-15-16-13/h1-2,5,9,14H,3-4H2,(H,17,18). The summed E-state index contributed by atoms with van der Waals surface area (Å²) < 4.78 is 13.2. The van der Waals surface area contributed by atoms with Crippen molar-refractivity contribution in [2.75, 3.05) is 13.1 Å². The largest absolute Gasteiger partial charge is 0.480 e. The molecule has 0 bridgehead atoms. The molecule has 0 aromatic heterocycles. The average Bonchev–Trinajstić information content (AvgIpc) is 2.32. The van der Waals surface area contributed by atoms with Crippen molar-refractivity contribution in [3.8, 4) is 0 Å². The lowest BCUT2D eigenvalue weighted by atomic mass is 10.1. The lowest BCUT2D eigenvalue weighted by Crippen LogP contribution is -2.30. The van der Waals surface area contributed by atoms with E-state index in [9.17, 15) is 9.18 Å². The summed E-state index contributed by atoms with van der Waals surface area (Å²) in [4.78, 5) is 13.6. The van der Waals surface area contributed by atoms with Crippen molar-refractivity contribution in [1.82, 2.24) is 5.32 Å². The Morgan fingerprint density at radius 2 is 2.39 bits per heavy atom. The second-order valence-electron chi connectivity index (χ2n) is 3.35. The first-order valence-corrected chi connectivity index (χ1v) is 5.36. The van der Waals surface area contributed by atoms with Crippen molar-refractivity contribution >= 4 is 17.6 Å². The summed E-state index contributed by atoms with van der Waals surface area (Å²) in [5, 5.41) is 14.9. The minimum atomic E-state index is -1.15. The number of rotatable bonds is 6. The number of aliphatic carboxylic acids is 1. The minimum absolute atomic E-state index is 0.0723. The zero-order valence-corrected chi connectivity index (χ0v) is 9.93. The van der Waals surface area contributed by atoms with Gasteiger partial charge in [0.1, 0.15) is 11.9 Å². The Kier molecular flexibility index (Phi) is 5.38. The number of nitrogens with zero attached hydrogens (tertiary/aromatic N) is 3. The van der Waals surface area contributed by atoms with Crippen LogP contribution < -0.4 is 5.32 Å². The Morgan fingerprint density at radius 1 is 1.67 bits per heavy atom. The molecule has 1 rings (SSSR count). The quantitative estimate of drug-likeness (QED) is 0.360. The average molecular weight is 273 g/mol. The van der Waals surface area contributed by atoms with Crippen LogP contribution in [0.1, 0.15) is 11.6 Å². The van der Waals surface area contributed by atoms with Gasteiger partial charge in [0.25, 0.3) is 0 Å². The van der Waals surface area contributed by atoms with Crippen molar-refractivity contribution in [2.24, 2.45) is 5.11 Å². The van der Waals surface area contributed by atoms with Crippen LogP contribution in [0.15, 0.2) is 23.3 Å². The number of nitrogens with one attached hydrogen (secondary N) is 1. The first-order chi connectivity index (χ1) is 8.56. The van der Waals surface area contributed by atoms with Crippen molar-refractivity contribution in [3.63, 3.8) is 0 Å². The molecule has 96 valence electrons. The third-order valence-corrected chi connectivity index (χ3v) is 2.45. The van der Waals surface area contributed by atoms with Gasteiger partial charge < -0.3 is 10.4 Å². The van der Waals surface area contributed by atoms with Gasteiger partial charge in [0.15, 0.2) is 0 Å². The summed E-state index contributed by atoms with van der Waals surface area (Å²) >= 11 is 5.51. The topological polar surface area (TPSA) is 98.1 Å². The van der Waals surface area contributed by atoms with Crippen LogP contribution in [0.3, 0.4) is 0 Å². The number of benzene rings is 1. The maximum absolute atomic E-state index is 13.2. The van der Waals surface area contributed by atoms with Gasteiger partial charge in [-0.25, -0.2) is 4.39 Å². The number of carboxylic acid groups (broad SMARTS) is 1. The molecule has 1 aromatic carbocycles. The van der Waals surface area contributed by atoms with Gasteiger partial charge in [0.2, 0.25) is 0 Å². The molecular weight excluding hydrogens is 263 g/mol. The van der Waals surface area contributed by atoms with Crippen LogP contribution in [0.4, 0.5) is 4.39 Å². The van der Waals surface area contributed by atoms with Crippen LogP contribution >= 0.6 is 11.6 Å². The maximum Gasteiger partial charge on any atom is 0.325 e. The number of carbonyl (C=O) groups is 1. The van der Waals surface area contributed by atoms with Gasteiger partial charge in [-0.3, -0.25) is 4.79 Å². The van der Waals surface area contributed by atoms with E-state index in [0.717, 1.165) is 6.07 Å². The molecule has 0 heterocycles. The van der Waals surface area contributed by atoms with Gasteiger partial charge in [-0.1, -0.05) is 22.8 Å². The van der Waals surface area contributed by atoms with E-state index in [1.165, 1.54) is 12.1 Å². The fourth-order valence-electron chi connectivity index (χ4n) is 1.34. The van der Waals surface area contributed by atoms with E-state index in [1.807, 2.05) is 0 Å². The molecule has 6 nitrogen and oxygen atoms in total. The molecular formula is C10H10ClFN4O2. The molecule has 0 amide bonds. The monoisotopic (exact) mass is 272 g/mol.